The van der Waals surface area contributed by atoms with Gasteiger partial charge in [-0.25, -0.2) is 0 Å². The van der Waals surface area contributed by atoms with Crippen LogP contribution in [-0.2, 0) is 5.41 Å². The zero-order chi connectivity index (χ0) is 43.9. The maximum Gasteiger partial charge on any atom is 0.0541 e. The Hall–Kier alpha value is -8.40. The van der Waals surface area contributed by atoms with Crippen LogP contribution < -0.4 is 4.90 Å². The summed E-state index contributed by atoms with van der Waals surface area (Å²) in [5.41, 5.74) is 20.5. The summed E-state index contributed by atoms with van der Waals surface area (Å²) < 4.78 is 4.80. The van der Waals surface area contributed by atoms with Gasteiger partial charge in [-0.05, 0) is 154 Å². The van der Waals surface area contributed by atoms with E-state index in [0.717, 1.165) is 22.7 Å². The van der Waals surface area contributed by atoms with Crippen molar-refractivity contribution in [3.63, 3.8) is 0 Å². The molecule has 0 saturated heterocycles. The molecule has 0 amide bonds. The van der Waals surface area contributed by atoms with E-state index in [0.29, 0.717) is 0 Å². The average Bonchev–Trinajstić information content (AvgIpc) is 3.97. The lowest BCUT2D eigenvalue weighted by atomic mass is 9.81. The number of fused-ring (bicyclic) bond motifs is 9. The first-order valence-electron chi connectivity index (χ1n) is 22.9. The van der Waals surface area contributed by atoms with Gasteiger partial charge in [-0.15, -0.1) is 0 Å². The van der Waals surface area contributed by atoms with Gasteiger partial charge in [0, 0.05) is 55.4 Å². The van der Waals surface area contributed by atoms with Crippen LogP contribution >= 0.6 is 0 Å². The second kappa shape index (κ2) is 14.8. The SMILES string of the molecule is CC1(C)c2cc(-c3ccc4c(c3)c3cc(-c5ccc6c(c5)c5ccccc5n6-c5ccccc5)ccc3n4-c3ccccc3)ccc2-c2ccc(N(c3ccccc3)c3ccccc3)cc21. The second-order valence-corrected chi connectivity index (χ2v) is 18.2. The molecule has 0 radical (unpaired) electrons. The highest BCUT2D eigenvalue weighted by atomic mass is 15.1. The number of hydrogen-bond donors (Lipinski definition) is 0. The molecule has 0 aliphatic heterocycles. The van der Waals surface area contributed by atoms with E-state index in [1.165, 1.54) is 93.8 Å². The van der Waals surface area contributed by atoms with E-state index < -0.39 is 0 Å². The predicted octanol–water partition coefficient (Wildman–Crippen LogP) is 17.0. The number of rotatable bonds is 7. The molecule has 13 rings (SSSR count). The van der Waals surface area contributed by atoms with Crippen molar-refractivity contribution in [1.82, 2.24) is 9.13 Å². The maximum atomic E-state index is 2.45. The van der Waals surface area contributed by atoms with Gasteiger partial charge in [-0.1, -0.05) is 141 Å². The van der Waals surface area contributed by atoms with Gasteiger partial charge in [0.2, 0.25) is 0 Å². The van der Waals surface area contributed by atoms with Gasteiger partial charge < -0.3 is 14.0 Å². The third kappa shape index (κ3) is 5.90. The average molecular weight is 844 g/mol. The highest BCUT2D eigenvalue weighted by Gasteiger charge is 2.36. The van der Waals surface area contributed by atoms with Gasteiger partial charge in [0.15, 0.2) is 0 Å². The summed E-state index contributed by atoms with van der Waals surface area (Å²) in [7, 11) is 0. The molecule has 3 nitrogen and oxygen atoms in total. The summed E-state index contributed by atoms with van der Waals surface area (Å²) in [4.78, 5) is 2.36. The third-order valence-electron chi connectivity index (χ3n) is 14.1. The summed E-state index contributed by atoms with van der Waals surface area (Å²) in [5.74, 6) is 0. The fourth-order valence-corrected chi connectivity index (χ4v) is 10.9. The van der Waals surface area contributed by atoms with Crippen LogP contribution in [0.4, 0.5) is 17.1 Å². The molecule has 2 heterocycles. The molecule has 3 heteroatoms. The van der Waals surface area contributed by atoms with Gasteiger partial charge in [-0.3, -0.25) is 0 Å². The minimum atomic E-state index is -0.202. The Balaban J connectivity index is 0.927. The predicted molar refractivity (Wildman–Crippen MR) is 278 cm³/mol. The standard InChI is InChI=1S/C63H45N3/c1-63(2)57-40-45(27-32-51(57)52-33-31-50(41-58(52)63)64(46-17-7-3-8-18-46)47-19-9-4-10-20-47)44-30-36-62-56(39-44)55-38-43(29-35-61(55)66(62)49-23-13-6-14-24-49)42-28-34-60-54(37-42)53-25-15-16-26-59(53)65(60)48-21-11-5-12-22-48/h3-41H,1-2H3. The van der Waals surface area contributed by atoms with E-state index >= 15 is 0 Å². The zero-order valence-corrected chi connectivity index (χ0v) is 36.9. The van der Waals surface area contributed by atoms with E-state index in [2.05, 4.69) is 264 Å². The molecule has 312 valence electrons. The quantitative estimate of drug-likeness (QED) is 0.156. The van der Waals surface area contributed by atoms with Crippen LogP contribution in [0.1, 0.15) is 25.0 Å². The first-order valence-corrected chi connectivity index (χ1v) is 22.9. The smallest absolute Gasteiger partial charge is 0.0541 e. The molecule has 0 fully saturated rings. The Morgan fingerprint density at radius 1 is 0.303 bits per heavy atom. The fraction of sp³-hybridized carbons (Fsp3) is 0.0476. The van der Waals surface area contributed by atoms with Gasteiger partial charge in [0.25, 0.3) is 0 Å². The normalized spacial score (nSPS) is 12.8. The van der Waals surface area contributed by atoms with Gasteiger partial charge >= 0.3 is 0 Å². The monoisotopic (exact) mass is 843 g/mol. The highest BCUT2D eigenvalue weighted by molar-refractivity contribution is 6.13. The molecule has 12 aromatic rings. The summed E-state index contributed by atoms with van der Waals surface area (Å²) >= 11 is 0. The molecule has 0 N–H and O–H groups in total. The van der Waals surface area contributed by atoms with Crippen LogP contribution in [0, 0.1) is 0 Å². The van der Waals surface area contributed by atoms with Crippen LogP contribution in [-0.4, -0.2) is 9.13 Å². The molecular formula is C63H45N3. The zero-order valence-electron chi connectivity index (χ0n) is 36.9. The van der Waals surface area contributed by atoms with Crippen LogP contribution in [0.3, 0.4) is 0 Å². The maximum absolute atomic E-state index is 2.45. The van der Waals surface area contributed by atoms with E-state index in [1.54, 1.807) is 0 Å². The van der Waals surface area contributed by atoms with Gasteiger partial charge in [-0.2, -0.15) is 0 Å². The molecule has 2 aromatic heterocycles. The van der Waals surface area contributed by atoms with E-state index in [9.17, 15) is 0 Å². The van der Waals surface area contributed by atoms with E-state index in [1.807, 2.05) is 0 Å². The number of anilines is 3. The molecule has 0 unspecified atom stereocenters. The largest absolute Gasteiger partial charge is 0.310 e. The molecule has 0 bridgehead atoms. The summed E-state index contributed by atoms with van der Waals surface area (Å²) in [5, 5.41) is 4.99. The van der Waals surface area contributed by atoms with Crippen LogP contribution in [0.2, 0.25) is 0 Å². The number of benzene rings is 10. The Bertz CT molecular complexity index is 3780. The minimum Gasteiger partial charge on any atom is -0.310 e. The lowest BCUT2D eigenvalue weighted by Gasteiger charge is -2.28. The molecule has 0 spiro atoms. The highest BCUT2D eigenvalue weighted by Crippen LogP contribution is 2.52. The summed E-state index contributed by atoms with van der Waals surface area (Å²) in [6, 6.07) is 86.8. The number of para-hydroxylation sites is 5. The van der Waals surface area contributed by atoms with Gasteiger partial charge in [0.1, 0.15) is 0 Å². The summed E-state index contributed by atoms with van der Waals surface area (Å²) in [6.45, 7) is 4.77. The molecule has 1 aliphatic carbocycles. The van der Waals surface area contributed by atoms with Crippen molar-refractivity contribution in [3.05, 3.63) is 248 Å². The summed E-state index contributed by atoms with van der Waals surface area (Å²) in [6.07, 6.45) is 0. The molecule has 0 saturated carbocycles. The Morgan fingerprint density at radius 2 is 0.682 bits per heavy atom. The third-order valence-corrected chi connectivity index (χ3v) is 14.1. The first kappa shape index (κ1) is 38.1. The second-order valence-electron chi connectivity index (χ2n) is 18.2. The van der Waals surface area contributed by atoms with Crippen molar-refractivity contribution in [2.75, 3.05) is 4.90 Å². The molecule has 0 atom stereocenters. The topological polar surface area (TPSA) is 13.1 Å². The van der Waals surface area contributed by atoms with Crippen molar-refractivity contribution in [2.24, 2.45) is 0 Å². The van der Waals surface area contributed by atoms with Crippen molar-refractivity contribution >= 4 is 60.7 Å². The number of hydrogen-bond acceptors (Lipinski definition) is 1. The van der Waals surface area contributed by atoms with Crippen molar-refractivity contribution in [2.45, 2.75) is 19.3 Å². The lowest BCUT2D eigenvalue weighted by molar-refractivity contribution is 0.660. The van der Waals surface area contributed by atoms with Crippen LogP contribution in [0.5, 0.6) is 0 Å². The molecule has 10 aromatic carbocycles. The minimum absolute atomic E-state index is 0.202. The van der Waals surface area contributed by atoms with Crippen LogP contribution in [0.25, 0.3) is 88.4 Å². The van der Waals surface area contributed by atoms with Crippen molar-refractivity contribution in [1.29, 1.82) is 0 Å². The van der Waals surface area contributed by atoms with Crippen molar-refractivity contribution < 1.29 is 0 Å². The van der Waals surface area contributed by atoms with Gasteiger partial charge in [0.05, 0.1) is 22.1 Å². The lowest BCUT2D eigenvalue weighted by Crippen LogP contribution is -2.16. The molecule has 1 aliphatic rings. The Kier molecular flexibility index (Phi) is 8.56. The van der Waals surface area contributed by atoms with E-state index in [-0.39, 0.29) is 5.41 Å². The number of aromatic nitrogens is 2. The molecule has 66 heavy (non-hydrogen) atoms. The fourth-order valence-electron chi connectivity index (χ4n) is 10.9. The van der Waals surface area contributed by atoms with Crippen LogP contribution in [0.15, 0.2) is 237 Å². The van der Waals surface area contributed by atoms with E-state index in [4.69, 9.17) is 0 Å². The van der Waals surface area contributed by atoms with Crippen molar-refractivity contribution in [3.8, 4) is 44.8 Å². The Labute approximate surface area is 384 Å². The number of nitrogens with zero attached hydrogens (tertiary/aromatic N) is 3. The Morgan fingerprint density at radius 3 is 1.20 bits per heavy atom. The molecular weight excluding hydrogens is 799 g/mol. The first-order chi connectivity index (χ1) is 32.5.